The van der Waals surface area contributed by atoms with E-state index in [1.54, 1.807) is 6.49 Å². The predicted molar refractivity (Wildman–Crippen MR) is 145 cm³/mol. The summed E-state index contributed by atoms with van der Waals surface area (Å²) in [5, 5.41) is 2.89. The largest absolute Gasteiger partial charge is 1.00 e. The Kier molecular flexibility index (Phi) is 8.39. The van der Waals surface area contributed by atoms with Gasteiger partial charge >= 0.3 is 221 Å². The summed E-state index contributed by atoms with van der Waals surface area (Å²) in [5.41, 5.74) is 9.87. The van der Waals surface area contributed by atoms with Crippen LogP contribution in [-0.2, 0) is 22.8 Å². The van der Waals surface area contributed by atoms with Gasteiger partial charge in [-0.15, -0.1) is 0 Å². The molecule has 0 saturated carbocycles. The molecular weight excluding hydrogens is 571 g/mol. The van der Waals surface area contributed by atoms with Crippen LogP contribution in [-0.4, -0.2) is 3.21 Å². The van der Waals surface area contributed by atoms with Crippen molar-refractivity contribution in [3.8, 4) is 0 Å². The molecule has 0 saturated heterocycles. The quantitative estimate of drug-likeness (QED) is 0.406. The number of hydrogen-bond donors (Lipinski definition) is 0. The van der Waals surface area contributed by atoms with Gasteiger partial charge in [-0.2, -0.15) is 0 Å². The molecule has 1 unspecified atom stereocenters. The van der Waals surface area contributed by atoms with Crippen LogP contribution in [0.25, 0.3) is 8.85 Å². The van der Waals surface area contributed by atoms with Gasteiger partial charge in [-0.3, -0.25) is 0 Å². The Hall–Kier alpha value is -2.31. The molecule has 0 spiro atoms. The molecule has 0 aromatic heterocycles. The summed E-state index contributed by atoms with van der Waals surface area (Å²) >= 11 is -1.17. The molecule has 0 nitrogen and oxygen atoms in total. The molecule has 0 radical (unpaired) electrons. The van der Waals surface area contributed by atoms with Gasteiger partial charge in [0.15, 0.2) is 0 Å². The minimum Gasteiger partial charge on any atom is -1.00 e. The van der Waals surface area contributed by atoms with E-state index in [1.165, 1.54) is 49.4 Å². The van der Waals surface area contributed by atoms with Gasteiger partial charge in [-0.25, -0.2) is 0 Å². The SMILES string of the molecule is Cc1cc2c(cc1C)=[C]([Zr+2]=[C](c1ccccc1)c1ccccc1)C1=CC(C)(C3=CC=CC3)C=CC=21.[Cl-].[Cl-]. The van der Waals surface area contributed by atoms with Crippen LogP contribution in [0.4, 0.5) is 0 Å². The van der Waals surface area contributed by atoms with Gasteiger partial charge in [0, 0.05) is 0 Å². The van der Waals surface area contributed by atoms with Crippen LogP contribution in [0.1, 0.15) is 35.6 Å². The van der Waals surface area contributed by atoms with E-state index in [2.05, 4.69) is 130 Å². The standard InChI is InChI=1S/C21H19.C13H10.2ClH.Zr/c1-14-10-16-12-17-13-21(3,18-6-4-5-7-18)9-8-19(17)20(16)11-15(14)2;1-3-7-12(8-4-1)11-13-9-5-2-6-10-13;;;/h4-6,8-11,13H,7H2,1-3H3;1-10H;2*1H;/q;;;;+2/p-2. The number of benzene rings is 3. The van der Waals surface area contributed by atoms with Gasteiger partial charge in [0.25, 0.3) is 0 Å². The average molecular weight is 600 g/mol. The first-order valence-electron chi connectivity index (χ1n) is 12.4. The summed E-state index contributed by atoms with van der Waals surface area (Å²) < 4.78 is 3.17. The molecule has 3 aliphatic carbocycles. The van der Waals surface area contributed by atoms with Crippen molar-refractivity contribution >= 4 is 12.1 Å². The van der Waals surface area contributed by atoms with Crippen molar-refractivity contribution in [2.24, 2.45) is 5.41 Å². The van der Waals surface area contributed by atoms with E-state index in [1.807, 2.05) is 0 Å². The maximum absolute atomic E-state index is 2.58. The van der Waals surface area contributed by atoms with Crippen molar-refractivity contribution in [1.29, 1.82) is 0 Å². The van der Waals surface area contributed by atoms with E-state index in [0.29, 0.717) is 0 Å². The molecule has 0 amide bonds. The van der Waals surface area contributed by atoms with Gasteiger partial charge in [0.05, 0.1) is 0 Å². The van der Waals surface area contributed by atoms with E-state index in [4.69, 9.17) is 0 Å². The molecule has 0 fully saturated rings. The molecular formula is C34H29Cl2Zr. The number of aryl methyl sites for hydroxylation is 2. The third-order valence-electron chi connectivity index (χ3n) is 7.63. The molecule has 3 heteroatoms. The molecule has 0 N–H and O–H groups in total. The summed E-state index contributed by atoms with van der Waals surface area (Å²) in [6.07, 6.45) is 15.3. The number of rotatable bonds is 4. The molecule has 3 aromatic rings. The van der Waals surface area contributed by atoms with Crippen molar-refractivity contribution in [1.82, 2.24) is 0 Å². The summed E-state index contributed by atoms with van der Waals surface area (Å²) in [6.45, 7) is 6.88. The smallest absolute Gasteiger partial charge is 1.00 e. The van der Waals surface area contributed by atoms with Gasteiger partial charge < -0.3 is 24.8 Å². The summed E-state index contributed by atoms with van der Waals surface area (Å²) in [7, 11) is 0. The third-order valence-corrected chi connectivity index (χ3v) is 11.6. The van der Waals surface area contributed by atoms with E-state index < -0.39 is 22.8 Å². The monoisotopic (exact) mass is 597 g/mol. The molecule has 0 bridgehead atoms. The Morgan fingerprint density at radius 2 is 1.41 bits per heavy atom. The number of halogens is 2. The van der Waals surface area contributed by atoms with Gasteiger partial charge in [-0.1, -0.05) is 0 Å². The molecule has 1 atom stereocenters. The van der Waals surface area contributed by atoms with Crippen LogP contribution in [0.3, 0.4) is 0 Å². The van der Waals surface area contributed by atoms with Crippen molar-refractivity contribution < 1.29 is 47.6 Å². The van der Waals surface area contributed by atoms with Crippen molar-refractivity contribution in [2.45, 2.75) is 27.2 Å². The number of fused-ring (bicyclic) bond motifs is 2. The average Bonchev–Trinajstić information content (AvgIpc) is 3.52. The van der Waals surface area contributed by atoms with Gasteiger partial charge in [-0.05, 0) is 0 Å². The Labute approximate surface area is 243 Å². The molecule has 3 aliphatic rings. The second-order valence-corrected chi connectivity index (χ2v) is 13.1. The maximum Gasteiger partial charge on any atom is -1.00 e. The maximum atomic E-state index is 2.58. The first kappa shape index (κ1) is 27.7. The van der Waals surface area contributed by atoms with E-state index >= 15 is 0 Å². The van der Waals surface area contributed by atoms with Crippen molar-refractivity contribution in [3.63, 3.8) is 0 Å². The Morgan fingerprint density at radius 3 is 1.97 bits per heavy atom. The van der Waals surface area contributed by atoms with Gasteiger partial charge in [0.1, 0.15) is 0 Å². The van der Waals surface area contributed by atoms with Crippen LogP contribution >= 0.6 is 0 Å². The number of hydrogen-bond acceptors (Lipinski definition) is 0. The molecule has 3 aromatic carbocycles. The molecule has 183 valence electrons. The molecule has 37 heavy (non-hydrogen) atoms. The fourth-order valence-electron chi connectivity index (χ4n) is 5.43. The molecule has 0 aliphatic heterocycles. The summed E-state index contributed by atoms with van der Waals surface area (Å²) in [4.78, 5) is 0. The fraction of sp³-hybridized carbons (Fsp3) is 0.147. The predicted octanol–water partition coefficient (Wildman–Crippen LogP) is 0.324. The second-order valence-electron chi connectivity index (χ2n) is 10.0. The summed E-state index contributed by atoms with van der Waals surface area (Å²) in [5.74, 6) is 0. The zero-order chi connectivity index (χ0) is 24.0. The minimum atomic E-state index is -1.17. The van der Waals surface area contributed by atoms with Crippen LogP contribution < -0.4 is 35.3 Å². The van der Waals surface area contributed by atoms with Crippen LogP contribution in [0.15, 0.2) is 120 Å². The minimum absolute atomic E-state index is 0. The third kappa shape index (κ3) is 5.07. The fourth-order valence-corrected chi connectivity index (χ4v) is 9.25. The van der Waals surface area contributed by atoms with E-state index in [0.717, 1.165) is 6.42 Å². The number of allylic oxidation sites excluding steroid dienone is 8. The molecule has 0 heterocycles. The topological polar surface area (TPSA) is 0 Å². The Balaban J connectivity index is 0.00000160. The first-order chi connectivity index (χ1) is 17.0. The van der Waals surface area contributed by atoms with Crippen LogP contribution in [0, 0.1) is 19.3 Å². The Morgan fingerprint density at radius 1 is 0.811 bits per heavy atom. The van der Waals surface area contributed by atoms with Gasteiger partial charge in [0.2, 0.25) is 0 Å². The van der Waals surface area contributed by atoms with Crippen LogP contribution in [0.2, 0.25) is 0 Å². The second kappa shape index (κ2) is 11.2. The van der Waals surface area contributed by atoms with Crippen molar-refractivity contribution in [3.05, 3.63) is 153 Å². The first-order valence-corrected chi connectivity index (χ1v) is 14.9. The van der Waals surface area contributed by atoms with Crippen molar-refractivity contribution in [2.75, 3.05) is 0 Å². The zero-order valence-electron chi connectivity index (χ0n) is 21.4. The Bertz CT molecular complexity index is 1580. The van der Waals surface area contributed by atoms with E-state index in [-0.39, 0.29) is 30.2 Å². The van der Waals surface area contributed by atoms with Crippen LogP contribution in [0.5, 0.6) is 0 Å². The van der Waals surface area contributed by atoms with E-state index in [9.17, 15) is 0 Å². The summed E-state index contributed by atoms with van der Waals surface area (Å²) in [6, 6.07) is 27.0. The molecule has 6 rings (SSSR count). The zero-order valence-corrected chi connectivity index (χ0v) is 25.3. The normalized spacial score (nSPS) is 18.7.